The van der Waals surface area contributed by atoms with Crippen molar-refractivity contribution in [3.05, 3.63) is 89.5 Å². The molecule has 3 rings (SSSR count). The molecule has 0 heterocycles. The van der Waals surface area contributed by atoms with E-state index < -0.39 is 11.8 Å². The molecule has 0 saturated heterocycles. The van der Waals surface area contributed by atoms with Crippen molar-refractivity contribution >= 4 is 29.6 Å². The zero-order valence-electron chi connectivity index (χ0n) is 19.4. The Morgan fingerprint density at radius 2 is 1.69 bits per heavy atom. The van der Waals surface area contributed by atoms with Crippen molar-refractivity contribution < 1.29 is 23.9 Å². The van der Waals surface area contributed by atoms with Crippen LogP contribution in [0.25, 0.3) is 0 Å². The number of carbonyl (C=O) groups is 3. The number of aryl methyl sites for hydroxylation is 1. The maximum Gasteiger partial charge on any atom is 0.329 e. The first kappa shape index (κ1) is 25.0. The molecule has 0 fully saturated rings. The molecule has 35 heavy (non-hydrogen) atoms. The Hall–Kier alpha value is -4.66. The van der Waals surface area contributed by atoms with E-state index in [4.69, 9.17) is 9.47 Å². The standard InChI is InChI=1S/C26H26N4O5/c1-18-8-13-23(34-2)22(14-18)29-25(32)26(33)30-28-16-20-9-11-21(12-10-20)35-17-24(31)27-15-19-6-4-3-5-7-19/h3-14,16H,15,17H2,1-2H3,(H,27,31)(H,29,32)(H,30,33)/b28-16-. The number of benzene rings is 3. The molecular formula is C26H26N4O5. The molecule has 0 radical (unpaired) electrons. The quantitative estimate of drug-likeness (QED) is 0.250. The van der Waals surface area contributed by atoms with Crippen LogP contribution in [-0.4, -0.2) is 37.7 Å². The molecule has 3 amide bonds. The van der Waals surface area contributed by atoms with Crippen molar-refractivity contribution in [1.82, 2.24) is 10.7 Å². The van der Waals surface area contributed by atoms with Crippen LogP contribution >= 0.6 is 0 Å². The smallest absolute Gasteiger partial charge is 0.329 e. The van der Waals surface area contributed by atoms with Crippen LogP contribution in [0.5, 0.6) is 11.5 Å². The van der Waals surface area contributed by atoms with E-state index >= 15 is 0 Å². The van der Waals surface area contributed by atoms with Gasteiger partial charge in [0, 0.05) is 6.54 Å². The van der Waals surface area contributed by atoms with Crippen molar-refractivity contribution in [2.45, 2.75) is 13.5 Å². The number of methoxy groups -OCH3 is 1. The van der Waals surface area contributed by atoms with Crippen molar-refractivity contribution in [3.63, 3.8) is 0 Å². The van der Waals surface area contributed by atoms with E-state index in [1.165, 1.54) is 13.3 Å². The van der Waals surface area contributed by atoms with Gasteiger partial charge < -0.3 is 20.1 Å². The van der Waals surface area contributed by atoms with Crippen LogP contribution in [0, 0.1) is 6.92 Å². The minimum Gasteiger partial charge on any atom is -0.495 e. The normalized spacial score (nSPS) is 10.5. The number of amides is 3. The second kappa shape index (κ2) is 12.5. The summed E-state index contributed by atoms with van der Waals surface area (Å²) in [4.78, 5) is 36.1. The van der Waals surface area contributed by atoms with Crippen LogP contribution in [0.1, 0.15) is 16.7 Å². The van der Waals surface area contributed by atoms with Gasteiger partial charge in [0.05, 0.1) is 19.0 Å². The summed E-state index contributed by atoms with van der Waals surface area (Å²) in [5, 5.41) is 9.09. The molecule has 0 unspecified atom stereocenters. The lowest BCUT2D eigenvalue weighted by Gasteiger charge is -2.10. The topological polar surface area (TPSA) is 118 Å². The van der Waals surface area contributed by atoms with Crippen molar-refractivity contribution in [2.75, 3.05) is 19.0 Å². The zero-order valence-corrected chi connectivity index (χ0v) is 19.4. The maximum atomic E-state index is 12.1. The molecule has 0 spiro atoms. The van der Waals surface area contributed by atoms with Gasteiger partial charge in [0.15, 0.2) is 6.61 Å². The average Bonchev–Trinajstić information content (AvgIpc) is 2.87. The summed E-state index contributed by atoms with van der Waals surface area (Å²) >= 11 is 0. The van der Waals surface area contributed by atoms with Crippen LogP contribution in [0.3, 0.4) is 0 Å². The Bertz CT molecular complexity index is 1190. The highest BCUT2D eigenvalue weighted by Crippen LogP contribution is 2.25. The van der Waals surface area contributed by atoms with E-state index in [0.717, 1.165) is 11.1 Å². The summed E-state index contributed by atoms with van der Waals surface area (Å²) in [5.74, 6) is -1.08. The zero-order chi connectivity index (χ0) is 25.0. The molecule has 180 valence electrons. The van der Waals surface area contributed by atoms with Gasteiger partial charge in [0.2, 0.25) is 0 Å². The van der Waals surface area contributed by atoms with Gasteiger partial charge in [-0.25, -0.2) is 5.43 Å². The van der Waals surface area contributed by atoms with Gasteiger partial charge >= 0.3 is 11.8 Å². The predicted octanol–water partition coefficient (Wildman–Crippen LogP) is 2.79. The fraction of sp³-hybridized carbons (Fsp3) is 0.154. The van der Waals surface area contributed by atoms with E-state index in [1.807, 2.05) is 43.3 Å². The highest BCUT2D eigenvalue weighted by molar-refractivity contribution is 6.39. The number of hydrogen-bond donors (Lipinski definition) is 3. The minimum absolute atomic E-state index is 0.114. The lowest BCUT2D eigenvalue weighted by atomic mass is 10.2. The highest BCUT2D eigenvalue weighted by atomic mass is 16.5. The van der Waals surface area contributed by atoms with E-state index in [0.29, 0.717) is 29.3 Å². The summed E-state index contributed by atoms with van der Waals surface area (Å²) in [7, 11) is 1.47. The molecule has 0 aliphatic rings. The lowest BCUT2D eigenvalue weighted by Crippen LogP contribution is -2.32. The van der Waals surface area contributed by atoms with Crippen LogP contribution in [0.4, 0.5) is 5.69 Å². The lowest BCUT2D eigenvalue weighted by molar-refractivity contribution is -0.136. The average molecular weight is 475 g/mol. The van der Waals surface area contributed by atoms with Crippen LogP contribution < -0.4 is 25.5 Å². The Morgan fingerprint density at radius 1 is 0.943 bits per heavy atom. The van der Waals surface area contributed by atoms with Crippen molar-refractivity contribution in [3.8, 4) is 11.5 Å². The number of nitrogens with one attached hydrogen (secondary N) is 3. The molecule has 0 saturated carbocycles. The Morgan fingerprint density at radius 3 is 2.40 bits per heavy atom. The number of ether oxygens (including phenoxy) is 2. The number of hydrogen-bond acceptors (Lipinski definition) is 6. The third-order valence-electron chi connectivity index (χ3n) is 4.77. The van der Waals surface area contributed by atoms with E-state index in [2.05, 4.69) is 21.2 Å². The van der Waals surface area contributed by atoms with Gasteiger partial charge in [-0.1, -0.05) is 36.4 Å². The molecule has 0 aliphatic heterocycles. The number of rotatable bonds is 9. The van der Waals surface area contributed by atoms with Crippen molar-refractivity contribution in [1.29, 1.82) is 0 Å². The molecule has 0 aliphatic carbocycles. The van der Waals surface area contributed by atoms with Crippen LogP contribution in [0.15, 0.2) is 77.9 Å². The molecule has 9 heteroatoms. The third kappa shape index (κ3) is 8.01. The molecule has 0 atom stereocenters. The number of hydrazone groups is 1. The first-order valence-corrected chi connectivity index (χ1v) is 10.8. The van der Waals surface area contributed by atoms with E-state index in [1.54, 1.807) is 36.4 Å². The Balaban J connectivity index is 1.42. The summed E-state index contributed by atoms with van der Waals surface area (Å²) in [6.45, 7) is 2.18. The fourth-order valence-corrected chi connectivity index (χ4v) is 2.96. The first-order valence-electron chi connectivity index (χ1n) is 10.8. The van der Waals surface area contributed by atoms with Gasteiger partial charge in [-0.3, -0.25) is 14.4 Å². The molecule has 0 bridgehead atoms. The molecule has 3 aromatic rings. The summed E-state index contributed by atoms with van der Waals surface area (Å²) < 4.78 is 10.7. The predicted molar refractivity (Wildman–Crippen MR) is 132 cm³/mol. The molecule has 0 aromatic heterocycles. The molecule has 3 N–H and O–H groups in total. The van der Waals surface area contributed by atoms with Gasteiger partial charge in [-0.15, -0.1) is 0 Å². The van der Waals surface area contributed by atoms with Crippen LogP contribution in [0.2, 0.25) is 0 Å². The summed E-state index contributed by atoms with van der Waals surface area (Å²) in [5.41, 5.74) is 5.13. The van der Waals surface area contributed by atoms with Crippen LogP contribution in [-0.2, 0) is 20.9 Å². The maximum absolute atomic E-state index is 12.1. The van der Waals surface area contributed by atoms with E-state index in [9.17, 15) is 14.4 Å². The second-order valence-corrected chi connectivity index (χ2v) is 7.48. The minimum atomic E-state index is -0.925. The monoisotopic (exact) mass is 474 g/mol. The Kier molecular flexibility index (Phi) is 8.95. The van der Waals surface area contributed by atoms with Gasteiger partial charge in [-0.2, -0.15) is 5.10 Å². The summed E-state index contributed by atoms with van der Waals surface area (Å²) in [6.07, 6.45) is 1.38. The third-order valence-corrected chi connectivity index (χ3v) is 4.77. The van der Waals surface area contributed by atoms with Crippen molar-refractivity contribution in [2.24, 2.45) is 5.10 Å². The van der Waals surface area contributed by atoms with Gasteiger partial charge in [-0.05, 0) is 60.0 Å². The summed E-state index contributed by atoms with van der Waals surface area (Å²) in [6, 6.07) is 21.6. The SMILES string of the molecule is COc1ccc(C)cc1NC(=O)C(=O)N/N=C\c1ccc(OCC(=O)NCc2ccccc2)cc1. The van der Waals surface area contributed by atoms with E-state index in [-0.39, 0.29) is 12.5 Å². The number of anilines is 1. The molecule has 3 aromatic carbocycles. The van der Waals surface area contributed by atoms with Gasteiger partial charge in [0.1, 0.15) is 11.5 Å². The molecular weight excluding hydrogens is 448 g/mol. The highest BCUT2D eigenvalue weighted by Gasteiger charge is 2.15. The molecule has 9 nitrogen and oxygen atoms in total. The van der Waals surface area contributed by atoms with Gasteiger partial charge in [0.25, 0.3) is 5.91 Å². The second-order valence-electron chi connectivity index (χ2n) is 7.48. The number of carbonyl (C=O) groups excluding carboxylic acids is 3. The fourth-order valence-electron chi connectivity index (χ4n) is 2.96. The Labute approximate surface area is 203 Å². The number of nitrogens with zero attached hydrogens (tertiary/aromatic N) is 1. The first-order chi connectivity index (χ1) is 16.9. The largest absolute Gasteiger partial charge is 0.495 e.